The van der Waals surface area contributed by atoms with E-state index >= 15 is 0 Å². The number of nitrogens with one attached hydrogen (secondary N) is 3. The zero-order chi connectivity index (χ0) is 33.4. The molecule has 0 bridgehead atoms. The maximum Gasteiger partial charge on any atom is 0.326 e. The third-order valence-corrected chi connectivity index (χ3v) is 8.63. The molecule has 47 heavy (non-hydrogen) atoms. The molecule has 252 valence electrons. The number of oxazole rings is 1. The molecule has 4 rings (SSSR count). The Kier molecular flexibility index (Phi) is 14.0. The van der Waals surface area contributed by atoms with Crippen LogP contribution in [0.5, 0.6) is 0 Å². The van der Waals surface area contributed by atoms with Crippen molar-refractivity contribution >= 4 is 23.7 Å². The van der Waals surface area contributed by atoms with Crippen molar-refractivity contribution in [2.24, 2.45) is 0 Å². The first-order valence-electron chi connectivity index (χ1n) is 17.1. The summed E-state index contributed by atoms with van der Waals surface area (Å²) >= 11 is 0. The molecule has 1 fully saturated rings. The molecule has 3 aromatic rings. The van der Waals surface area contributed by atoms with Gasteiger partial charge in [0.05, 0.1) is 0 Å². The highest BCUT2D eigenvalue weighted by Gasteiger charge is 2.31. The van der Waals surface area contributed by atoms with Gasteiger partial charge >= 0.3 is 5.97 Å². The van der Waals surface area contributed by atoms with Gasteiger partial charge in [-0.2, -0.15) is 0 Å². The zero-order valence-corrected chi connectivity index (χ0v) is 27.3. The summed E-state index contributed by atoms with van der Waals surface area (Å²) in [5.74, 6) is -1.47. The van der Waals surface area contributed by atoms with Crippen molar-refractivity contribution in [2.45, 2.75) is 115 Å². The van der Waals surface area contributed by atoms with E-state index in [1.807, 2.05) is 60.7 Å². The Morgan fingerprint density at radius 2 is 1.38 bits per heavy atom. The van der Waals surface area contributed by atoms with Crippen LogP contribution in [0.3, 0.4) is 0 Å². The summed E-state index contributed by atoms with van der Waals surface area (Å²) in [4.78, 5) is 55.5. The first kappa shape index (κ1) is 35.4. The summed E-state index contributed by atoms with van der Waals surface area (Å²) in [5.41, 5.74) is 1.64. The molecule has 1 saturated carbocycles. The number of aromatic nitrogens is 1. The van der Waals surface area contributed by atoms with Crippen molar-refractivity contribution in [1.29, 1.82) is 0 Å². The van der Waals surface area contributed by atoms with Gasteiger partial charge in [-0.15, -0.1) is 0 Å². The Bertz CT molecular complexity index is 1440. The number of unbranched alkanes of at least 4 members (excludes halogenated alkanes) is 6. The molecule has 1 aliphatic carbocycles. The number of benzene rings is 2. The van der Waals surface area contributed by atoms with Gasteiger partial charge in [0.15, 0.2) is 11.5 Å². The number of hydrogen-bond acceptors (Lipinski definition) is 6. The number of carboxylic acids is 1. The molecule has 10 heteroatoms. The lowest BCUT2D eigenvalue weighted by atomic mass is 9.90. The van der Waals surface area contributed by atoms with Gasteiger partial charge < -0.3 is 25.5 Å². The van der Waals surface area contributed by atoms with Crippen LogP contribution in [-0.4, -0.2) is 51.9 Å². The van der Waals surface area contributed by atoms with Crippen LogP contribution in [0.15, 0.2) is 65.1 Å². The molecular formula is C37H48N4O6. The summed E-state index contributed by atoms with van der Waals surface area (Å²) in [6, 6.07) is 16.9. The third kappa shape index (κ3) is 11.1. The smallest absolute Gasteiger partial charge is 0.326 e. The van der Waals surface area contributed by atoms with Gasteiger partial charge in [-0.05, 0) is 37.8 Å². The predicted molar refractivity (Wildman–Crippen MR) is 180 cm³/mol. The molecule has 4 N–H and O–H groups in total. The molecule has 1 aromatic heterocycles. The fourth-order valence-corrected chi connectivity index (χ4v) is 6.00. The number of carbonyl (C=O) groups is 4. The third-order valence-electron chi connectivity index (χ3n) is 8.63. The molecule has 0 spiro atoms. The fraction of sp³-hybridized carbons (Fsp3) is 0.486. The predicted octanol–water partition coefficient (Wildman–Crippen LogP) is 6.66. The van der Waals surface area contributed by atoms with Crippen LogP contribution < -0.4 is 16.0 Å². The van der Waals surface area contributed by atoms with Crippen LogP contribution in [0, 0.1) is 0 Å². The molecular weight excluding hydrogens is 596 g/mol. The van der Waals surface area contributed by atoms with Crippen LogP contribution in [0.2, 0.25) is 0 Å². The quantitative estimate of drug-likeness (QED) is 0.113. The second-order valence-electron chi connectivity index (χ2n) is 12.3. The molecule has 10 nitrogen and oxygen atoms in total. The van der Waals surface area contributed by atoms with Gasteiger partial charge in [0.2, 0.25) is 17.7 Å². The zero-order valence-electron chi connectivity index (χ0n) is 27.3. The summed E-state index contributed by atoms with van der Waals surface area (Å²) in [6.45, 7) is 2.17. The Balaban J connectivity index is 1.32. The summed E-state index contributed by atoms with van der Waals surface area (Å²) in [6.07, 6.45) is 10.8. The minimum absolute atomic E-state index is 0.0185. The first-order chi connectivity index (χ1) is 22.9. The average molecular weight is 645 g/mol. The van der Waals surface area contributed by atoms with Crippen LogP contribution in [0.1, 0.15) is 107 Å². The van der Waals surface area contributed by atoms with E-state index in [2.05, 4.69) is 27.9 Å². The minimum Gasteiger partial charge on any atom is -0.480 e. The highest BCUT2D eigenvalue weighted by molar-refractivity contribution is 5.98. The molecule has 3 amide bonds. The van der Waals surface area contributed by atoms with E-state index in [0.717, 1.165) is 43.2 Å². The largest absolute Gasteiger partial charge is 0.480 e. The lowest BCUT2D eigenvalue weighted by Gasteiger charge is -2.32. The molecule has 0 saturated heterocycles. The normalized spacial score (nSPS) is 16.6. The molecule has 0 radical (unpaired) electrons. The Labute approximate surface area is 277 Å². The highest BCUT2D eigenvalue weighted by atomic mass is 16.4. The Hall–Kier alpha value is -4.47. The molecule has 3 atom stereocenters. The molecule has 1 heterocycles. The highest BCUT2D eigenvalue weighted by Crippen LogP contribution is 2.30. The SMILES string of the molecule is CCCCCCCCCC(=O)NC(CCC(=O)N[C@@H]1CCCC[C@H]1NC(=O)c1nc(-c2ccccc2)oc1-c1ccccc1)C(=O)O. The van der Waals surface area contributed by atoms with Crippen molar-refractivity contribution in [3.05, 3.63) is 66.4 Å². The van der Waals surface area contributed by atoms with Crippen molar-refractivity contribution in [3.8, 4) is 22.8 Å². The van der Waals surface area contributed by atoms with E-state index in [4.69, 9.17) is 4.42 Å². The van der Waals surface area contributed by atoms with Crippen molar-refractivity contribution in [2.75, 3.05) is 0 Å². The van der Waals surface area contributed by atoms with Crippen molar-refractivity contribution < 1.29 is 28.7 Å². The second kappa shape index (κ2) is 18.6. The molecule has 1 aliphatic rings. The number of amides is 3. The van der Waals surface area contributed by atoms with Gasteiger partial charge in [-0.3, -0.25) is 14.4 Å². The second-order valence-corrected chi connectivity index (χ2v) is 12.3. The van der Waals surface area contributed by atoms with Crippen LogP contribution in [-0.2, 0) is 14.4 Å². The fourth-order valence-electron chi connectivity index (χ4n) is 6.00. The van der Waals surface area contributed by atoms with Crippen LogP contribution in [0.4, 0.5) is 0 Å². The first-order valence-corrected chi connectivity index (χ1v) is 17.1. The van der Waals surface area contributed by atoms with E-state index in [0.29, 0.717) is 30.9 Å². The minimum atomic E-state index is -1.16. The van der Waals surface area contributed by atoms with E-state index in [9.17, 15) is 24.3 Å². The number of aliphatic carboxylic acids is 1. The maximum absolute atomic E-state index is 13.7. The molecule has 2 aromatic carbocycles. The number of hydrogen-bond donors (Lipinski definition) is 4. The topological polar surface area (TPSA) is 151 Å². The Morgan fingerprint density at radius 3 is 2.02 bits per heavy atom. The van der Waals surface area contributed by atoms with Crippen molar-refractivity contribution in [3.63, 3.8) is 0 Å². The summed E-state index contributed by atoms with van der Waals surface area (Å²) in [5, 5.41) is 18.3. The lowest BCUT2D eigenvalue weighted by molar-refractivity contribution is -0.142. The maximum atomic E-state index is 13.7. The van der Waals surface area contributed by atoms with Crippen LogP contribution >= 0.6 is 0 Å². The number of rotatable bonds is 18. The lowest BCUT2D eigenvalue weighted by Crippen LogP contribution is -2.53. The molecule has 0 aliphatic heterocycles. The standard InChI is InChI=1S/C37H48N4O6/c1-2-3-4-5-6-7-14-23-31(42)39-30(37(45)46)24-25-32(43)38-28-21-15-16-22-29(28)40-35(44)33-34(26-17-10-8-11-18-26)47-36(41-33)27-19-12-9-13-20-27/h8-13,17-20,28-30H,2-7,14-16,21-25H2,1H3,(H,38,43)(H,39,42)(H,40,44)(H,45,46)/t28-,29-,30?/m1/s1. The molecule has 1 unspecified atom stereocenters. The van der Waals surface area contributed by atoms with Crippen molar-refractivity contribution in [1.82, 2.24) is 20.9 Å². The van der Waals surface area contributed by atoms with E-state index in [-0.39, 0.29) is 48.9 Å². The summed E-state index contributed by atoms with van der Waals surface area (Å²) in [7, 11) is 0. The number of nitrogens with zero attached hydrogens (tertiary/aromatic N) is 1. The van der Waals surface area contributed by atoms with E-state index in [1.165, 1.54) is 19.3 Å². The van der Waals surface area contributed by atoms with Gasteiger partial charge in [-0.1, -0.05) is 107 Å². The van der Waals surface area contributed by atoms with Gasteiger partial charge in [0, 0.05) is 36.1 Å². The monoisotopic (exact) mass is 644 g/mol. The van der Waals surface area contributed by atoms with Gasteiger partial charge in [0.1, 0.15) is 6.04 Å². The number of carbonyl (C=O) groups excluding carboxylic acids is 3. The van der Waals surface area contributed by atoms with Gasteiger partial charge in [-0.25, -0.2) is 9.78 Å². The van der Waals surface area contributed by atoms with E-state index in [1.54, 1.807) is 0 Å². The van der Waals surface area contributed by atoms with Gasteiger partial charge in [0.25, 0.3) is 5.91 Å². The number of carboxylic acid groups (broad SMARTS) is 1. The Morgan fingerprint density at radius 1 is 0.787 bits per heavy atom. The van der Waals surface area contributed by atoms with E-state index < -0.39 is 17.9 Å². The van der Waals surface area contributed by atoms with Crippen LogP contribution in [0.25, 0.3) is 22.8 Å². The average Bonchev–Trinajstić information content (AvgIpc) is 3.54. The summed E-state index contributed by atoms with van der Waals surface area (Å²) < 4.78 is 6.12.